The van der Waals surface area contributed by atoms with Crippen LogP contribution in [0.4, 0.5) is 5.82 Å². The first kappa shape index (κ1) is 12.4. The van der Waals surface area contributed by atoms with Gasteiger partial charge in [0.15, 0.2) is 6.29 Å². The second-order valence-corrected chi connectivity index (χ2v) is 4.40. The third-order valence-corrected chi connectivity index (χ3v) is 2.76. The molecule has 0 fully saturated rings. The van der Waals surface area contributed by atoms with Crippen LogP contribution in [0.5, 0.6) is 0 Å². The van der Waals surface area contributed by atoms with Crippen LogP contribution in [-0.2, 0) is 6.54 Å². The fourth-order valence-corrected chi connectivity index (χ4v) is 1.93. The van der Waals surface area contributed by atoms with E-state index in [0.29, 0.717) is 12.1 Å². The molecule has 0 aliphatic carbocycles. The molecule has 0 spiro atoms. The molecule has 0 saturated carbocycles. The zero-order chi connectivity index (χ0) is 13.1. The lowest BCUT2D eigenvalue weighted by molar-refractivity contribution is 0.112. The molecule has 0 aliphatic rings. The third-order valence-electron chi connectivity index (χ3n) is 2.76. The van der Waals surface area contributed by atoms with E-state index in [4.69, 9.17) is 4.42 Å². The quantitative estimate of drug-likeness (QED) is 0.776. The number of carbonyl (C=O) groups is 1. The van der Waals surface area contributed by atoms with Gasteiger partial charge in [-0.25, -0.2) is 4.98 Å². The van der Waals surface area contributed by atoms with E-state index in [0.717, 1.165) is 29.2 Å². The van der Waals surface area contributed by atoms with E-state index in [-0.39, 0.29) is 0 Å². The standard InChI is InChI=1S/C14H16N2O2/c1-10-6-12(9-17)7-15-14(10)16(3)8-13-5-4-11(2)18-13/h4-7,9H,8H2,1-3H3. The Morgan fingerprint density at radius 2 is 2.17 bits per heavy atom. The Hall–Kier alpha value is -2.10. The van der Waals surface area contributed by atoms with Gasteiger partial charge in [-0.05, 0) is 37.6 Å². The van der Waals surface area contributed by atoms with Gasteiger partial charge in [-0.15, -0.1) is 0 Å². The van der Waals surface area contributed by atoms with Crippen molar-refractivity contribution in [1.82, 2.24) is 4.98 Å². The Balaban J connectivity index is 2.18. The highest BCUT2D eigenvalue weighted by atomic mass is 16.3. The smallest absolute Gasteiger partial charge is 0.151 e. The number of pyridine rings is 1. The van der Waals surface area contributed by atoms with Crippen LogP contribution < -0.4 is 4.90 Å². The van der Waals surface area contributed by atoms with Gasteiger partial charge in [-0.3, -0.25) is 4.79 Å². The van der Waals surface area contributed by atoms with E-state index in [2.05, 4.69) is 4.98 Å². The minimum Gasteiger partial charge on any atom is -0.464 e. The van der Waals surface area contributed by atoms with Gasteiger partial charge in [0.05, 0.1) is 6.54 Å². The van der Waals surface area contributed by atoms with Gasteiger partial charge in [-0.1, -0.05) is 0 Å². The third kappa shape index (κ3) is 2.59. The van der Waals surface area contributed by atoms with Crippen LogP contribution in [0.1, 0.15) is 27.4 Å². The second-order valence-electron chi connectivity index (χ2n) is 4.40. The first-order chi connectivity index (χ1) is 8.60. The number of carbonyl (C=O) groups excluding carboxylic acids is 1. The first-order valence-corrected chi connectivity index (χ1v) is 5.78. The molecule has 0 atom stereocenters. The van der Waals surface area contributed by atoms with Crippen molar-refractivity contribution in [2.75, 3.05) is 11.9 Å². The highest BCUT2D eigenvalue weighted by Crippen LogP contribution is 2.19. The van der Waals surface area contributed by atoms with Gasteiger partial charge < -0.3 is 9.32 Å². The van der Waals surface area contributed by atoms with Crippen LogP contribution in [-0.4, -0.2) is 18.3 Å². The molecule has 4 nitrogen and oxygen atoms in total. The molecular formula is C14H16N2O2. The minimum atomic E-state index is 0.596. The van der Waals surface area contributed by atoms with Gasteiger partial charge in [-0.2, -0.15) is 0 Å². The number of hydrogen-bond donors (Lipinski definition) is 0. The summed E-state index contributed by atoms with van der Waals surface area (Å²) in [4.78, 5) is 17.0. The number of rotatable bonds is 4. The lowest BCUT2D eigenvalue weighted by atomic mass is 10.2. The number of hydrogen-bond acceptors (Lipinski definition) is 4. The van der Waals surface area contributed by atoms with E-state index >= 15 is 0 Å². The Bertz CT molecular complexity index is 561. The Kier molecular flexibility index (Phi) is 3.46. The van der Waals surface area contributed by atoms with E-state index in [1.165, 1.54) is 0 Å². The minimum absolute atomic E-state index is 0.596. The maximum Gasteiger partial charge on any atom is 0.151 e. The van der Waals surface area contributed by atoms with Gasteiger partial charge >= 0.3 is 0 Å². The summed E-state index contributed by atoms with van der Waals surface area (Å²) < 4.78 is 5.53. The summed E-state index contributed by atoms with van der Waals surface area (Å²) in [5, 5.41) is 0. The summed E-state index contributed by atoms with van der Waals surface area (Å²) in [5.74, 6) is 2.66. The number of anilines is 1. The lowest BCUT2D eigenvalue weighted by Gasteiger charge is -2.18. The van der Waals surface area contributed by atoms with Crippen LogP contribution in [0.3, 0.4) is 0 Å². The molecular weight excluding hydrogens is 228 g/mol. The molecule has 0 aromatic carbocycles. The Labute approximate surface area is 106 Å². The van der Waals surface area contributed by atoms with Crippen LogP contribution >= 0.6 is 0 Å². The van der Waals surface area contributed by atoms with Crippen molar-refractivity contribution in [2.24, 2.45) is 0 Å². The fourth-order valence-electron chi connectivity index (χ4n) is 1.93. The summed E-state index contributed by atoms with van der Waals surface area (Å²) in [6.45, 7) is 4.52. The number of aryl methyl sites for hydroxylation is 2. The van der Waals surface area contributed by atoms with E-state index < -0.39 is 0 Å². The molecule has 2 rings (SSSR count). The molecule has 2 aromatic rings. The van der Waals surface area contributed by atoms with Crippen molar-refractivity contribution in [3.05, 3.63) is 47.0 Å². The van der Waals surface area contributed by atoms with Gasteiger partial charge in [0.2, 0.25) is 0 Å². The van der Waals surface area contributed by atoms with Gasteiger partial charge in [0.25, 0.3) is 0 Å². The van der Waals surface area contributed by atoms with E-state index in [1.54, 1.807) is 6.20 Å². The van der Waals surface area contributed by atoms with Gasteiger partial charge in [0, 0.05) is 18.8 Å². The summed E-state index contributed by atoms with van der Waals surface area (Å²) in [6.07, 6.45) is 2.39. The number of aldehydes is 1. The van der Waals surface area contributed by atoms with E-state index in [9.17, 15) is 4.79 Å². The Morgan fingerprint density at radius 1 is 1.39 bits per heavy atom. The highest BCUT2D eigenvalue weighted by molar-refractivity contribution is 5.75. The summed E-state index contributed by atoms with van der Waals surface area (Å²) in [5.41, 5.74) is 1.57. The predicted molar refractivity (Wildman–Crippen MR) is 69.9 cm³/mol. The molecule has 0 saturated heterocycles. The monoisotopic (exact) mass is 244 g/mol. The van der Waals surface area contributed by atoms with Crippen LogP contribution in [0.2, 0.25) is 0 Å². The second kappa shape index (κ2) is 5.04. The highest BCUT2D eigenvalue weighted by Gasteiger charge is 2.09. The largest absolute Gasteiger partial charge is 0.464 e. The molecule has 94 valence electrons. The molecule has 0 bridgehead atoms. The van der Waals surface area contributed by atoms with Crippen molar-refractivity contribution < 1.29 is 9.21 Å². The predicted octanol–water partition coefficient (Wildman–Crippen LogP) is 2.74. The van der Waals surface area contributed by atoms with Crippen LogP contribution in [0, 0.1) is 13.8 Å². The normalized spacial score (nSPS) is 10.4. The van der Waals surface area contributed by atoms with Gasteiger partial charge in [0.1, 0.15) is 17.3 Å². The maximum atomic E-state index is 10.7. The zero-order valence-corrected chi connectivity index (χ0v) is 10.8. The summed E-state index contributed by atoms with van der Waals surface area (Å²) in [7, 11) is 1.95. The molecule has 0 radical (unpaired) electrons. The topological polar surface area (TPSA) is 46.3 Å². The number of furan rings is 1. The zero-order valence-electron chi connectivity index (χ0n) is 10.8. The molecule has 0 N–H and O–H groups in total. The number of aromatic nitrogens is 1. The van der Waals surface area contributed by atoms with Crippen molar-refractivity contribution in [1.29, 1.82) is 0 Å². The SMILES string of the molecule is Cc1ccc(CN(C)c2ncc(C=O)cc2C)o1. The molecule has 2 aromatic heterocycles. The van der Waals surface area contributed by atoms with Crippen molar-refractivity contribution >= 4 is 12.1 Å². The van der Waals surface area contributed by atoms with Crippen molar-refractivity contribution in [2.45, 2.75) is 20.4 Å². The molecule has 0 unspecified atom stereocenters. The lowest BCUT2D eigenvalue weighted by Crippen LogP contribution is -2.18. The maximum absolute atomic E-state index is 10.7. The van der Waals surface area contributed by atoms with Crippen molar-refractivity contribution in [3.8, 4) is 0 Å². The van der Waals surface area contributed by atoms with E-state index in [1.807, 2.05) is 44.0 Å². The van der Waals surface area contributed by atoms with Crippen LogP contribution in [0.25, 0.3) is 0 Å². The average Bonchev–Trinajstić information content (AvgIpc) is 2.74. The molecule has 0 aliphatic heterocycles. The first-order valence-electron chi connectivity index (χ1n) is 5.78. The Morgan fingerprint density at radius 3 is 2.72 bits per heavy atom. The molecule has 0 amide bonds. The fraction of sp³-hybridized carbons (Fsp3) is 0.286. The molecule has 18 heavy (non-hydrogen) atoms. The molecule has 2 heterocycles. The summed E-state index contributed by atoms with van der Waals surface area (Å²) in [6, 6.07) is 5.74. The van der Waals surface area contributed by atoms with Crippen molar-refractivity contribution in [3.63, 3.8) is 0 Å². The number of nitrogens with zero attached hydrogens (tertiary/aromatic N) is 2. The summed E-state index contributed by atoms with van der Waals surface area (Å²) >= 11 is 0. The van der Waals surface area contributed by atoms with Crippen LogP contribution in [0.15, 0.2) is 28.8 Å². The average molecular weight is 244 g/mol. The molecule has 4 heteroatoms.